The largest absolute Gasteiger partial charge is 0.399 e. The van der Waals surface area contributed by atoms with E-state index in [2.05, 4.69) is 24.4 Å². The highest BCUT2D eigenvalue weighted by atomic mass is 16.1. The summed E-state index contributed by atoms with van der Waals surface area (Å²) in [4.78, 5) is 12.2. The van der Waals surface area contributed by atoms with Gasteiger partial charge in [-0.2, -0.15) is 0 Å². The molecule has 1 atom stereocenters. The maximum atomic E-state index is 12.2. The van der Waals surface area contributed by atoms with Crippen LogP contribution < -0.4 is 11.1 Å². The predicted octanol–water partition coefficient (Wildman–Crippen LogP) is 2.66. The topological polar surface area (TPSA) is 55.1 Å². The molecule has 0 saturated carbocycles. The van der Waals surface area contributed by atoms with Crippen molar-refractivity contribution in [2.24, 2.45) is 0 Å². The van der Waals surface area contributed by atoms with Crippen molar-refractivity contribution in [2.45, 2.75) is 25.3 Å². The van der Waals surface area contributed by atoms with E-state index in [4.69, 9.17) is 5.73 Å². The third-order valence-electron chi connectivity index (χ3n) is 3.31. The average molecular weight is 242 g/mol. The summed E-state index contributed by atoms with van der Waals surface area (Å²) in [6, 6.07) is 6.97. The minimum absolute atomic E-state index is 0.0585. The van der Waals surface area contributed by atoms with Crippen LogP contribution in [0.3, 0.4) is 0 Å². The van der Waals surface area contributed by atoms with Gasteiger partial charge in [0.1, 0.15) is 0 Å². The Morgan fingerprint density at radius 3 is 2.61 bits per heavy atom. The van der Waals surface area contributed by atoms with E-state index in [0.29, 0.717) is 11.3 Å². The van der Waals surface area contributed by atoms with E-state index in [1.165, 1.54) is 0 Å². The van der Waals surface area contributed by atoms with Crippen LogP contribution in [-0.4, -0.2) is 11.4 Å². The van der Waals surface area contributed by atoms with Gasteiger partial charge in [-0.3, -0.25) is 4.79 Å². The van der Waals surface area contributed by atoms with E-state index in [0.717, 1.165) is 12.8 Å². The molecule has 0 spiro atoms. The first-order valence-corrected chi connectivity index (χ1v) is 6.18. The van der Waals surface area contributed by atoms with Crippen LogP contribution in [0.2, 0.25) is 0 Å². The van der Waals surface area contributed by atoms with Crippen LogP contribution >= 0.6 is 0 Å². The highest BCUT2D eigenvalue weighted by Crippen LogP contribution is 2.22. The number of nitrogens with two attached hydrogens (primary N) is 1. The Morgan fingerprint density at radius 1 is 1.33 bits per heavy atom. The fourth-order valence-electron chi connectivity index (χ4n) is 2.04. The van der Waals surface area contributed by atoms with Crippen LogP contribution in [0.1, 0.15) is 30.1 Å². The highest BCUT2D eigenvalue weighted by Gasteiger charge is 2.27. The summed E-state index contributed by atoms with van der Waals surface area (Å²) in [7, 11) is 0. The third-order valence-corrected chi connectivity index (χ3v) is 3.31. The van der Waals surface area contributed by atoms with Crippen molar-refractivity contribution < 1.29 is 4.79 Å². The summed E-state index contributed by atoms with van der Waals surface area (Å²) >= 11 is 0. The lowest BCUT2D eigenvalue weighted by Crippen LogP contribution is -2.46. The zero-order valence-corrected chi connectivity index (χ0v) is 10.5. The first-order valence-electron chi connectivity index (χ1n) is 6.18. The average Bonchev–Trinajstić information content (AvgIpc) is 2.40. The van der Waals surface area contributed by atoms with E-state index in [-0.39, 0.29) is 11.4 Å². The Balaban J connectivity index is 2.13. The molecule has 18 heavy (non-hydrogen) atoms. The molecule has 3 nitrogen and oxygen atoms in total. The van der Waals surface area contributed by atoms with Gasteiger partial charge in [0.15, 0.2) is 0 Å². The van der Waals surface area contributed by atoms with E-state index < -0.39 is 0 Å². The number of anilines is 1. The molecule has 0 aromatic heterocycles. The van der Waals surface area contributed by atoms with Gasteiger partial charge >= 0.3 is 0 Å². The number of carbonyl (C=O) groups is 1. The van der Waals surface area contributed by atoms with Gasteiger partial charge in [-0.1, -0.05) is 31.2 Å². The number of allylic oxidation sites excluding steroid dienone is 2. The molecule has 0 aliphatic heterocycles. The Hall–Kier alpha value is -2.03. The summed E-state index contributed by atoms with van der Waals surface area (Å²) in [5, 5.41) is 3.10. The van der Waals surface area contributed by atoms with E-state index in [1.54, 1.807) is 24.3 Å². The van der Waals surface area contributed by atoms with Gasteiger partial charge in [-0.25, -0.2) is 0 Å². The summed E-state index contributed by atoms with van der Waals surface area (Å²) in [6.45, 7) is 2.08. The number of rotatable bonds is 3. The normalized spacial score (nSPS) is 21.8. The number of benzene rings is 1. The van der Waals surface area contributed by atoms with Crippen molar-refractivity contribution >= 4 is 11.6 Å². The molecule has 1 aliphatic rings. The van der Waals surface area contributed by atoms with Crippen LogP contribution in [0.5, 0.6) is 0 Å². The van der Waals surface area contributed by atoms with Crippen LogP contribution in [0, 0.1) is 0 Å². The van der Waals surface area contributed by atoms with Gasteiger partial charge < -0.3 is 11.1 Å². The molecule has 1 aliphatic carbocycles. The van der Waals surface area contributed by atoms with Gasteiger partial charge in [-0.05, 0) is 37.1 Å². The van der Waals surface area contributed by atoms with Crippen molar-refractivity contribution in [2.75, 3.05) is 5.73 Å². The molecule has 0 heterocycles. The fraction of sp³-hybridized carbons (Fsp3) is 0.267. The molecule has 1 aromatic rings. The molecule has 94 valence electrons. The minimum atomic E-state index is -0.257. The lowest BCUT2D eigenvalue weighted by Gasteiger charge is -2.31. The van der Waals surface area contributed by atoms with E-state index in [9.17, 15) is 4.79 Å². The second-order valence-electron chi connectivity index (χ2n) is 4.58. The molecule has 1 amide bonds. The first-order chi connectivity index (χ1) is 8.65. The van der Waals surface area contributed by atoms with Gasteiger partial charge in [-0.15, -0.1) is 0 Å². The summed E-state index contributed by atoms with van der Waals surface area (Å²) in [5.41, 5.74) is 6.66. The molecule has 0 saturated heterocycles. The fourth-order valence-corrected chi connectivity index (χ4v) is 2.04. The van der Waals surface area contributed by atoms with Gasteiger partial charge in [0.25, 0.3) is 5.91 Å². The molecule has 0 radical (unpaired) electrons. The third kappa shape index (κ3) is 2.62. The maximum absolute atomic E-state index is 12.2. The molecule has 2 rings (SSSR count). The number of nitrogens with one attached hydrogen (secondary N) is 1. The number of hydrogen-bond donors (Lipinski definition) is 2. The number of carbonyl (C=O) groups excluding carboxylic acids is 1. The van der Waals surface area contributed by atoms with Crippen LogP contribution in [0.4, 0.5) is 5.69 Å². The minimum Gasteiger partial charge on any atom is -0.399 e. The molecule has 3 N–H and O–H groups in total. The number of hydrogen-bond acceptors (Lipinski definition) is 2. The molecule has 0 fully saturated rings. The van der Waals surface area contributed by atoms with Gasteiger partial charge in [0.2, 0.25) is 0 Å². The van der Waals surface area contributed by atoms with Crippen molar-refractivity contribution in [3.8, 4) is 0 Å². The van der Waals surface area contributed by atoms with Gasteiger partial charge in [0, 0.05) is 11.3 Å². The number of nitrogen functional groups attached to an aromatic ring is 1. The maximum Gasteiger partial charge on any atom is 0.251 e. The van der Waals surface area contributed by atoms with Crippen LogP contribution in [-0.2, 0) is 0 Å². The zero-order valence-electron chi connectivity index (χ0n) is 10.5. The summed E-state index contributed by atoms with van der Waals surface area (Å²) in [5.74, 6) is -0.0585. The summed E-state index contributed by atoms with van der Waals surface area (Å²) < 4.78 is 0. The second-order valence-corrected chi connectivity index (χ2v) is 4.58. The Bertz CT molecular complexity index is 488. The van der Waals surface area contributed by atoms with Gasteiger partial charge in [0.05, 0.1) is 5.54 Å². The standard InChI is InChI=1S/C15H18N2O/c1-2-15(10-4-3-5-11-15)17-14(18)12-6-8-13(16)9-7-12/h3-10H,2,11,16H2,1H3,(H,17,18). The lowest BCUT2D eigenvalue weighted by atomic mass is 9.88. The zero-order chi connectivity index (χ0) is 13.0. The van der Waals surface area contributed by atoms with Crippen molar-refractivity contribution in [3.05, 3.63) is 54.1 Å². The Morgan fingerprint density at radius 2 is 2.06 bits per heavy atom. The molecule has 1 aromatic carbocycles. The van der Waals surface area contributed by atoms with E-state index in [1.807, 2.05) is 12.2 Å². The molecular weight excluding hydrogens is 224 g/mol. The second kappa shape index (κ2) is 5.08. The predicted molar refractivity (Wildman–Crippen MR) is 74.2 cm³/mol. The summed E-state index contributed by atoms with van der Waals surface area (Å²) in [6.07, 6.45) is 9.82. The smallest absolute Gasteiger partial charge is 0.251 e. The SMILES string of the molecule is CCC1(NC(=O)c2ccc(N)cc2)C=CC=CC1. The van der Waals surface area contributed by atoms with Crippen molar-refractivity contribution in [1.29, 1.82) is 0 Å². The van der Waals surface area contributed by atoms with E-state index >= 15 is 0 Å². The molecule has 1 unspecified atom stereocenters. The van der Waals surface area contributed by atoms with Crippen molar-refractivity contribution in [1.82, 2.24) is 5.32 Å². The highest BCUT2D eigenvalue weighted by molar-refractivity contribution is 5.95. The van der Waals surface area contributed by atoms with Crippen LogP contribution in [0.25, 0.3) is 0 Å². The lowest BCUT2D eigenvalue weighted by molar-refractivity contribution is 0.0915. The molecule has 3 heteroatoms. The quantitative estimate of drug-likeness (QED) is 0.801. The molecular formula is C15H18N2O. The van der Waals surface area contributed by atoms with Crippen molar-refractivity contribution in [3.63, 3.8) is 0 Å². The monoisotopic (exact) mass is 242 g/mol. The first kappa shape index (κ1) is 12.4. The Labute approximate surface area is 107 Å². The Kier molecular flexibility index (Phi) is 3.51. The number of amides is 1. The molecule has 0 bridgehead atoms. The van der Waals surface area contributed by atoms with Crippen LogP contribution in [0.15, 0.2) is 48.6 Å².